The van der Waals surface area contributed by atoms with Crippen molar-refractivity contribution in [2.75, 3.05) is 10.6 Å². The number of carbonyl (C=O) groups excluding carboxylic acids is 1. The van der Waals surface area contributed by atoms with E-state index < -0.39 is 0 Å². The summed E-state index contributed by atoms with van der Waals surface area (Å²) in [5, 5.41) is 13.4. The van der Waals surface area contributed by atoms with Crippen molar-refractivity contribution in [1.29, 1.82) is 5.41 Å². The van der Waals surface area contributed by atoms with Crippen LogP contribution in [0.4, 0.5) is 10.8 Å². The second-order valence-corrected chi connectivity index (χ2v) is 7.08. The molecule has 1 amide bonds. The van der Waals surface area contributed by atoms with Crippen LogP contribution < -0.4 is 16.4 Å². The summed E-state index contributed by atoms with van der Waals surface area (Å²) >= 11 is 1.49. The summed E-state index contributed by atoms with van der Waals surface area (Å²) in [7, 11) is 0. The minimum Gasteiger partial charge on any atom is -0.370 e. The Morgan fingerprint density at radius 3 is 2.36 bits per heavy atom. The lowest BCUT2D eigenvalue weighted by atomic mass is 10.1. The predicted molar refractivity (Wildman–Crippen MR) is 118 cm³/mol. The van der Waals surface area contributed by atoms with Crippen molar-refractivity contribution in [3.05, 3.63) is 65.9 Å². The number of nitrogens with two attached hydrogens (primary N) is 1. The van der Waals surface area contributed by atoms with Crippen LogP contribution in [0.2, 0.25) is 0 Å². The lowest BCUT2D eigenvalue weighted by molar-refractivity contribution is -0.114. The first kappa shape index (κ1) is 21.4. The van der Waals surface area contributed by atoms with Gasteiger partial charge in [-0.15, -0.1) is 12.4 Å². The highest BCUT2D eigenvalue weighted by molar-refractivity contribution is 7.19. The van der Waals surface area contributed by atoms with Gasteiger partial charge in [-0.3, -0.25) is 10.2 Å². The van der Waals surface area contributed by atoms with Gasteiger partial charge in [0.25, 0.3) is 0 Å². The first-order chi connectivity index (χ1) is 13.0. The number of hydrogen-bond donors (Lipinski definition) is 4. The van der Waals surface area contributed by atoms with E-state index in [0.717, 1.165) is 40.2 Å². The standard InChI is InChI=1S/C20H21N5OS.ClH/c1-13(26)23-20-25-17(18(27-20)15-5-3-2-4-6-15)12-9-14-7-10-16(11-8-14)24-19(21)22;/h2-8,10-11H,9,12H2,1H3,(H4,21,22,24)(H,23,25,26);1H. The molecule has 0 bridgehead atoms. The molecule has 0 aliphatic heterocycles. The molecule has 2 aromatic carbocycles. The van der Waals surface area contributed by atoms with Gasteiger partial charge in [-0.25, -0.2) is 4.98 Å². The average molecular weight is 416 g/mol. The molecule has 5 N–H and O–H groups in total. The topological polar surface area (TPSA) is 104 Å². The lowest BCUT2D eigenvalue weighted by Gasteiger charge is -2.06. The van der Waals surface area contributed by atoms with Gasteiger partial charge in [0.2, 0.25) is 5.91 Å². The van der Waals surface area contributed by atoms with Gasteiger partial charge >= 0.3 is 0 Å². The third-order valence-electron chi connectivity index (χ3n) is 3.90. The maximum absolute atomic E-state index is 11.4. The number of rotatable bonds is 6. The van der Waals surface area contributed by atoms with E-state index in [-0.39, 0.29) is 24.3 Å². The molecule has 0 aliphatic rings. The first-order valence-electron chi connectivity index (χ1n) is 8.54. The highest BCUT2D eigenvalue weighted by atomic mass is 35.5. The molecule has 0 atom stereocenters. The van der Waals surface area contributed by atoms with Gasteiger partial charge in [0.05, 0.1) is 10.6 Å². The highest BCUT2D eigenvalue weighted by Crippen LogP contribution is 2.33. The van der Waals surface area contributed by atoms with Crippen molar-refractivity contribution in [1.82, 2.24) is 4.98 Å². The average Bonchev–Trinajstić information content (AvgIpc) is 3.03. The van der Waals surface area contributed by atoms with E-state index in [2.05, 4.69) is 27.8 Å². The molecule has 0 saturated heterocycles. The summed E-state index contributed by atoms with van der Waals surface area (Å²) in [6.07, 6.45) is 1.59. The molecule has 1 heterocycles. The van der Waals surface area contributed by atoms with Crippen molar-refractivity contribution < 1.29 is 4.79 Å². The zero-order chi connectivity index (χ0) is 19.2. The number of guanidine groups is 1. The van der Waals surface area contributed by atoms with Crippen LogP contribution in [0.3, 0.4) is 0 Å². The normalized spacial score (nSPS) is 10.0. The first-order valence-corrected chi connectivity index (χ1v) is 9.35. The van der Waals surface area contributed by atoms with Gasteiger partial charge in [-0.2, -0.15) is 0 Å². The number of nitrogens with one attached hydrogen (secondary N) is 3. The van der Waals surface area contributed by atoms with E-state index in [1.165, 1.54) is 18.3 Å². The summed E-state index contributed by atoms with van der Waals surface area (Å²) in [5.41, 5.74) is 9.37. The number of benzene rings is 2. The van der Waals surface area contributed by atoms with Crippen molar-refractivity contribution in [3.63, 3.8) is 0 Å². The monoisotopic (exact) mass is 415 g/mol. The van der Waals surface area contributed by atoms with Gasteiger partial charge in [-0.05, 0) is 36.1 Å². The Bertz CT molecular complexity index is 941. The Hall–Kier alpha value is -2.90. The van der Waals surface area contributed by atoms with Crippen LogP contribution in [0.15, 0.2) is 54.6 Å². The zero-order valence-electron chi connectivity index (χ0n) is 15.4. The number of halogens is 1. The molecule has 0 radical (unpaired) electrons. The van der Waals surface area contributed by atoms with Gasteiger partial charge in [0.15, 0.2) is 11.1 Å². The van der Waals surface area contributed by atoms with Crippen LogP contribution in [-0.2, 0) is 17.6 Å². The van der Waals surface area contributed by atoms with Crippen LogP contribution in [0.1, 0.15) is 18.2 Å². The second-order valence-electron chi connectivity index (χ2n) is 6.08. The molecular formula is C20H22ClN5OS. The summed E-state index contributed by atoms with van der Waals surface area (Å²) in [4.78, 5) is 17.1. The quantitative estimate of drug-likeness (QED) is 0.356. The molecule has 3 rings (SSSR count). The van der Waals surface area contributed by atoms with Gasteiger partial charge in [0, 0.05) is 12.6 Å². The van der Waals surface area contributed by atoms with E-state index in [1.54, 1.807) is 0 Å². The Balaban J connectivity index is 0.00000280. The third-order valence-corrected chi connectivity index (χ3v) is 4.96. The molecule has 28 heavy (non-hydrogen) atoms. The zero-order valence-corrected chi connectivity index (χ0v) is 17.0. The summed E-state index contributed by atoms with van der Waals surface area (Å²) in [5.74, 6) is -0.202. The number of amides is 1. The highest BCUT2D eigenvalue weighted by Gasteiger charge is 2.14. The van der Waals surface area contributed by atoms with E-state index in [4.69, 9.17) is 11.1 Å². The summed E-state index contributed by atoms with van der Waals surface area (Å²) in [6, 6.07) is 17.9. The van der Waals surface area contributed by atoms with Crippen LogP contribution >= 0.6 is 23.7 Å². The molecule has 0 unspecified atom stereocenters. The fraction of sp³-hybridized carbons (Fsp3) is 0.150. The van der Waals surface area contributed by atoms with Crippen LogP contribution in [0, 0.1) is 5.41 Å². The minimum absolute atomic E-state index is 0. The number of nitrogens with zero attached hydrogens (tertiary/aromatic N) is 1. The number of aryl methyl sites for hydroxylation is 2. The molecular weight excluding hydrogens is 394 g/mol. The number of anilines is 2. The number of carbonyl (C=O) groups is 1. The number of hydrogen-bond acceptors (Lipinski definition) is 4. The molecule has 0 fully saturated rings. The third kappa shape index (κ3) is 5.80. The van der Waals surface area contributed by atoms with Crippen LogP contribution in [0.5, 0.6) is 0 Å². The molecule has 8 heteroatoms. The predicted octanol–water partition coefficient (Wildman–Crippen LogP) is 4.28. The van der Waals surface area contributed by atoms with Gasteiger partial charge in [0.1, 0.15) is 0 Å². The minimum atomic E-state index is -0.122. The van der Waals surface area contributed by atoms with Crippen molar-refractivity contribution in [2.24, 2.45) is 5.73 Å². The summed E-state index contributed by atoms with van der Waals surface area (Å²) < 4.78 is 0. The van der Waals surface area contributed by atoms with Crippen LogP contribution in [0.25, 0.3) is 10.4 Å². The van der Waals surface area contributed by atoms with Crippen molar-refractivity contribution >= 4 is 46.4 Å². The van der Waals surface area contributed by atoms with Crippen LogP contribution in [-0.4, -0.2) is 16.9 Å². The van der Waals surface area contributed by atoms with E-state index in [1.807, 2.05) is 42.5 Å². The second kappa shape index (κ2) is 9.87. The Labute approximate surface area is 174 Å². The fourth-order valence-corrected chi connectivity index (χ4v) is 3.78. The maximum atomic E-state index is 11.4. The molecule has 0 aliphatic carbocycles. The molecule has 1 aromatic heterocycles. The molecule has 3 aromatic rings. The molecule has 0 spiro atoms. The number of thiazole rings is 1. The van der Waals surface area contributed by atoms with Gasteiger partial charge < -0.3 is 16.4 Å². The largest absolute Gasteiger partial charge is 0.370 e. The van der Waals surface area contributed by atoms with E-state index in [0.29, 0.717) is 5.13 Å². The van der Waals surface area contributed by atoms with Crippen molar-refractivity contribution in [2.45, 2.75) is 19.8 Å². The Morgan fingerprint density at radius 2 is 1.75 bits per heavy atom. The Morgan fingerprint density at radius 1 is 1.07 bits per heavy atom. The van der Waals surface area contributed by atoms with E-state index in [9.17, 15) is 4.79 Å². The molecule has 6 nitrogen and oxygen atoms in total. The number of aromatic nitrogens is 1. The van der Waals surface area contributed by atoms with E-state index >= 15 is 0 Å². The van der Waals surface area contributed by atoms with Gasteiger partial charge in [-0.1, -0.05) is 53.8 Å². The Kier molecular flexibility index (Phi) is 7.54. The lowest BCUT2D eigenvalue weighted by Crippen LogP contribution is -2.20. The fourth-order valence-electron chi connectivity index (χ4n) is 2.71. The SMILES string of the molecule is CC(=O)Nc1nc(CCc2ccc(NC(=N)N)cc2)c(-c2ccccc2)s1.Cl. The molecule has 0 saturated carbocycles. The maximum Gasteiger partial charge on any atom is 0.223 e. The van der Waals surface area contributed by atoms with Crippen molar-refractivity contribution in [3.8, 4) is 10.4 Å². The molecule has 146 valence electrons. The summed E-state index contributed by atoms with van der Waals surface area (Å²) in [6.45, 7) is 1.49. The smallest absolute Gasteiger partial charge is 0.223 e.